The topological polar surface area (TPSA) is 74.7 Å². The van der Waals surface area contributed by atoms with Crippen LogP contribution in [0.4, 0.5) is 21.6 Å². The number of anilines is 2. The second-order valence-electron chi connectivity index (χ2n) is 6.60. The first kappa shape index (κ1) is 19.7. The predicted octanol–water partition coefficient (Wildman–Crippen LogP) is 4.37. The minimum atomic E-state index is -0.418. The van der Waals surface area contributed by atoms with Crippen molar-refractivity contribution in [2.24, 2.45) is 4.99 Å². The summed E-state index contributed by atoms with van der Waals surface area (Å²) in [6.07, 6.45) is 1.48. The van der Waals surface area contributed by atoms with Gasteiger partial charge in [-0.2, -0.15) is 0 Å². The molecule has 0 saturated carbocycles. The molecule has 0 unspecified atom stereocenters. The first-order chi connectivity index (χ1) is 14.5. The molecule has 4 rings (SSSR count). The van der Waals surface area contributed by atoms with Crippen LogP contribution in [0.3, 0.4) is 0 Å². The third-order valence-electron chi connectivity index (χ3n) is 4.52. The molecule has 1 aromatic heterocycles. The Morgan fingerprint density at radius 2 is 1.87 bits per heavy atom. The third kappa shape index (κ3) is 4.21. The van der Waals surface area contributed by atoms with Crippen LogP contribution in [0.15, 0.2) is 71.9 Å². The molecular formula is C22H16ClFN4O2. The molecule has 1 aliphatic rings. The third-order valence-corrected chi connectivity index (χ3v) is 4.85. The van der Waals surface area contributed by atoms with Crippen LogP contribution in [-0.4, -0.2) is 29.1 Å². The number of halogens is 2. The summed E-state index contributed by atoms with van der Waals surface area (Å²) in [5.41, 5.74) is 2.01. The molecule has 0 radical (unpaired) electrons. The Kier molecular flexibility index (Phi) is 5.54. The number of aromatic nitrogens is 1. The van der Waals surface area contributed by atoms with Gasteiger partial charge in [0.05, 0.1) is 22.8 Å². The van der Waals surface area contributed by atoms with E-state index in [1.54, 1.807) is 48.5 Å². The van der Waals surface area contributed by atoms with Gasteiger partial charge in [-0.25, -0.2) is 14.4 Å². The van der Waals surface area contributed by atoms with Gasteiger partial charge in [0.2, 0.25) is 11.8 Å². The van der Waals surface area contributed by atoms with Crippen molar-refractivity contribution in [3.8, 4) is 0 Å². The Hall–Kier alpha value is -3.58. The van der Waals surface area contributed by atoms with Crippen LogP contribution in [0.2, 0.25) is 5.02 Å². The van der Waals surface area contributed by atoms with Crippen LogP contribution >= 0.6 is 11.6 Å². The number of pyridine rings is 1. The average Bonchev–Trinajstić information content (AvgIpc) is 2.87. The van der Waals surface area contributed by atoms with Crippen LogP contribution < -0.4 is 10.2 Å². The van der Waals surface area contributed by atoms with Crippen molar-refractivity contribution in [3.63, 3.8) is 0 Å². The van der Waals surface area contributed by atoms with Crippen LogP contribution in [0.25, 0.3) is 0 Å². The van der Waals surface area contributed by atoms with E-state index in [0.29, 0.717) is 27.7 Å². The van der Waals surface area contributed by atoms with Crippen molar-refractivity contribution in [1.29, 1.82) is 0 Å². The monoisotopic (exact) mass is 422 g/mol. The van der Waals surface area contributed by atoms with E-state index in [2.05, 4.69) is 15.3 Å². The van der Waals surface area contributed by atoms with Crippen molar-refractivity contribution in [2.75, 3.05) is 16.8 Å². The van der Waals surface area contributed by atoms with Gasteiger partial charge in [0.15, 0.2) is 5.82 Å². The fraction of sp³-hybridized carbons (Fsp3) is 0.0909. The molecule has 3 aromatic rings. The minimum absolute atomic E-state index is 0.0542. The first-order valence-corrected chi connectivity index (χ1v) is 9.52. The zero-order chi connectivity index (χ0) is 21.1. The predicted molar refractivity (Wildman–Crippen MR) is 114 cm³/mol. The van der Waals surface area contributed by atoms with Gasteiger partial charge in [-0.1, -0.05) is 35.9 Å². The van der Waals surface area contributed by atoms with Crippen molar-refractivity contribution in [3.05, 3.63) is 83.3 Å². The molecule has 30 heavy (non-hydrogen) atoms. The highest BCUT2D eigenvalue weighted by Crippen LogP contribution is 2.31. The highest BCUT2D eigenvalue weighted by molar-refractivity contribution is 6.33. The number of carbonyl (C=O) groups is 2. The number of para-hydroxylation sites is 1. The Morgan fingerprint density at radius 1 is 1.10 bits per heavy atom. The quantitative estimate of drug-likeness (QED) is 0.678. The summed E-state index contributed by atoms with van der Waals surface area (Å²) in [5.74, 6) is -0.851. The lowest BCUT2D eigenvalue weighted by atomic mass is 10.1. The maximum atomic E-state index is 13.3. The Bertz CT molecular complexity index is 1150. The van der Waals surface area contributed by atoms with Gasteiger partial charge in [0, 0.05) is 6.20 Å². The summed E-state index contributed by atoms with van der Waals surface area (Å²) < 4.78 is 13.3. The van der Waals surface area contributed by atoms with E-state index in [-0.39, 0.29) is 30.5 Å². The molecule has 6 nitrogen and oxygen atoms in total. The van der Waals surface area contributed by atoms with Crippen LogP contribution in [0, 0.1) is 5.82 Å². The van der Waals surface area contributed by atoms with Crippen LogP contribution in [-0.2, 0) is 9.59 Å². The summed E-state index contributed by atoms with van der Waals surface area (Å²) in [7, 11) is 0. The number of hydrogen-bond acceptors (Lipinski definition) is 4. The Morgan fingerprint density at radius 3 is 2.63 bits per heavy atom. The van der Waals surface area contributed by atoms with Gasteiger partial charge in [-0.05, 0) is 42.0 Å². The molecule has 1 N–H and O–H groups in total. The van der Waals surface area contributed by atoms with E-state index >= 15 is 0 Å². The van der Waals surface area contributed by atoms with E-state index in [1.807, 2.05) is 0 Å². The summed E-state index contributed by atoms with van der Waals surface area (Å²) in [5, 5.41) is 3.10. The van der Waals surface area contributed by atoms with Crippen molar-refractivity contribution < 1.29 is 14.0 Å². The molecule has 2 heterocycles. The van der Waals surface area contributed by atoms with Crippen LogP contribution in [0.1, 0.15) is 12.0 Å². The maximum Gasteiger partial charge on any atom is 0.244 e. The molecule has 0 bridgehead atoms. The summed E-state index contributed by atoms with van der Waals surface area (Å²) >= 11 is 6.09. The molecule has 2 amide bonds. The molecule has 1 aliphatic heterocycles. The fourth-order valence-electron chi connectivity index (χ4n) is 3.09. The standard InChI is InChI=1S/C22H16ClFN4O2/c23-16-4-1-2-5-17(16)27-20(29)13-28-21(30)12-19(14-7-9-15(24)10-8-14)26-18-6-3-11-25-22(18)28/h1-11H,12-13H2,(H,27,29). The Labute approximate surface area is 177 Å². The fourth-order valence-corrected chi connectivity index (χ4v) is 3.28. The molecule has 8 heteroatoms. The van der Waals surface area contributed by atoms with Gasteiger partial charge >= 0.3 is 0 Å². The minimum Gasteiger partial charge on any atom is -0.323 e. The molecule has 0 fully saturated rings. The molecule has 2 aromatic carbocycles. The largest absolute Gasteiger partial charge is 0.323 e. The number of aliphatic imine (C=N–C) groups is 1. The second-order valence-corrected chi connectivity index (χ2v) is 7.00. The number of nitrogens with zero attached hydrogens (tertiary/aromatic N) is 3. The SMILES string of the molecule is O=C(CN1C(=O)CC(c2ccc(F)cc2)=Nc2cccnc21)Nc1ccccc1Cl. The van der Waals surface area contributed by atoms with E-state index in [4.69, 9.17) is 11.6 Å². The lowest BCUT2D eigenvalue weighted by Crippen LogP contribution is -2.39. The lowest BCUT2D eigenvalue weighted by molar-refractivity contribution is -0.120. The molecule has 0 saturated heterocycles. The number of rotatable bonds is 4. The van der Waals surface area contributed by atoms with Crippen molar-refractivity contribution in [2.45, 2.75) is 6.42 Å². The zero-order valence-electron chi connectivity index (χ0n) is 15.7. The van der Waals surface area contributed by atoms with Crippen molar-refractivity contribution in [1.82, 2.24) is 4.98 Å². The highest BCUT2D eigenvalue weighted by Gasteiger charge is 2.27. The van der Waals surface area contributed by atoms with E-state index in [1.165, 1.54) is 23.2 Å². The van der Waals surface area contributed by atoms with Gasteiger partial charge in [-0.15, -0.1) is 0 Å². The Balaban J connectivity index is 1.62. The van der Waals surface area contributed by atoms with Gasteiger partial charge in [-0.3, -0.25) is 14.5 Å². The molecule has 0 atom stereocenters. The van der Waals surface area contributed by atoms with E-state index in [9.17, 15) is 14.0 Å². The number of fused-ring (bicyclic) bond motifs is 1. The number of carbonyl (C=O) groups excluding carboxylic acids is 2. The summed E-state index contributed by atoms with van der Waals surface area (Å²) in [4.78, 5) is 35.7. The van der Waals surface area contributed by atoms with E-state index in [0.717, 1.165) is 0 Å². The van der Waals surface area contributed by atoms with Crippen LogP contribution in [0.5, 0.6) is 0 Å². The lowest BCUT2D eigenvalue weighted by Gasteiger charge is -2.20. The molecular weight excluding hydrogens is 407 g/mol. The van der Waals surface area contributed by atoms with Gasteiger partial charge in [0.1, 0.15) is 18.0 Å². The van der Waals surface area contributed by atoms with E-state index < -0.39 is 5.91 Å². The van der Waals surface area contributed by atoms with Crippen molar-refractivity contribution >= 4 is 46.3 Å². The normalized spacial score (nSPS) is 13.3. The maximum absolute atomic E-state index is 13.3. The van der Waals surface area contributed by atoms with Gasteiger partial charge < -0.3 is 5.32 Å². The molecule has 150 valence electrons. The summed E-state index contributed by atoms with van der Waals surface area (Å²) in [6, 6.07) is 16.0. The zero-order valence-corrected chi connectivity index (χ0v) is 16.4. The molecule has 0 aliphatic carbocycles. The highest BCUT2D eigenvalue weighted by atomic mass is 35.5. The molecule has 0 spiro atoms. The number of nitrogens with one attached hydrogen (secondary N) is 1. The summed E-state index contributed by atoms with van der Waals surface area (Å²) in [6.45, 7) is -0.250. The number of benzene rings is 2. The van der Waals surface area contributed by atoms with Gasteiger partial charge in [0.25, 0.3) is 0 Å². The first-order valence-electron chi connectivity index (χ1n) is 9.14. The number of hydrogen-bond donors (Lipinski definition) is 1. The second kappa shape index (κ2) is 8.42. The number of amides is 2. The smallest absolute Gasteiger partial charge is 0.244 e. The average molecular weight is 423 g/mol.